The first kappa shape index (κ1) is 16.1. The molecule has 0 saturated heterocycles. The van der Waals surface area contributed by atoms with E-state index in [-0.39, 0.29) is 6.17 Å². The number of aromatic nitrogens is 2. The molecular formula is C24H18N4O. The molecule has 0 aliphatic carbocycles. The molecule has 0 N–H and O–H groups in total. The maximum absolute atomic E-state index is 6.29. The van der Waals surface area contributed by atoms with Gasteiger partial charge in [0, 0.05) is 28.9 Å². The highest BCUT2D eigenvalue weighted by atomic mass is 16.3. The van der Waals surface area contributed by atoms with Gasteiger partial charge in [0.15, 0.2) is 17.2 Å². The lowest BCUT2D eigenvalue weighted by Crippen LogP contribution is -2.35. The van der Waals surface area contributed by atoms with E-state index in [9.17, 15) is 0 Å². The van der Waals surface area contributed by atoms with E-state index in [0.29, 0.717) is 0 Å². The topological polar surface area (TPSA) is 45.4 Å². The van der Waals surface area contributed by atoms with E-state index in [1.54, 1.807) is 12.4 Å². The Morgan fingerprint density at radius 1 is 0.724 bits per heavy atom. The minimum Gasteiger partial charge on any atom is -0.454 e. The summed E-state index contributed by atoms with van der Waals surface area (Å²) in [6.45, 7) is 2.16. The molecule has 1 aliphatic heterocycles. The monoisotopic (exact) mass is 378 g/mol. The molecule has 0 fully saturated rings. The number of benzene rings is 3. The first-order valence-corrected chi connectivity index (χ1v) is 9.68. The second-order valence-corrected chi connectivity index (χ2v) is 7.16. The van der Waals surface area contributed by atoms with Crippen molar-refractivity contribution in [3.63, 3.8) is 0 Å². The van der Waals surface area contributed by atoms with Crippen LogP contribution in [0.4, 0.5) is 23.0 Å². The SMILES string of the molecule is CC1N(c2ccccc2)c2nccnc2N1c1cccc2c1oc1ccccc12. The van der Waals surface area contributed by atoms with Crippen molar-refractivity contribution in [3.8, 4) is 0 Å². The Balaban J connectivity index is 1.60. The van der Waals surface area contributed by atoms with Crippen LogP contribution in [0.1, 0.15) is 6.92 Å². The zero-order valence-corrected chi connectivity index (χ0v) is 15.9. The van der Waals surface area contributed by atoms with Gasteiger partial charge in [0.05, 0.1) is 5.69 Å². The molecule has 1 atom stereocenters. The minimum absolute atomic E-state index is 0.00591. The van der Waals surface area contributed by atoms with Gasteiger partial charge >= 0.3 is 0 Å². The maximum atomic E-state index is 6.29. The van der Waals surface area contributed by atoms with E-state index in [4.69, 9.17) is 4.42 Å². The Morgan fingerprint density at radius 2 is 1.41 bits per heavy atom. The van der Waals surface area contributed by atoms with Crippen LogP contribution < -0.4 is 9.80 Å². The number of para-hydroxylation sites is 3. The summed E-state index contributed by atoms with van der Waals surface area (Å²) in [6, 6.07) is 24.7. The van der Waals surface area contributed by atoms with Crippen LogP contribution in [-0.4, -0.2) is 16.1 Å². The molecule has 1 unspecified atom stereocenters. The van der Waals surface area contributed by atoms with Crippen molar-refractivity contribution in [1.82, 2.24) is 9.97 Å². The predicted octanol–water partition coefficient (Wildman–Crippen LogP) is 6.01. The smallest absolute Gasteiger partial charge is 0.178 e. The fourth-order valence-corrected chi connectivity index (χ4v) is 4.30. The highest BCUT2D eigenvalue weighted by Gasteiger charge is 2.38. The van der Waals surface area contributed by atoms with Crippen molar-refractivity contribution in [1.29, 1.82) is 0 Å². The summed E-state index contributed by atoms with van der Waals surface area (Å²) in [6.07, 6.45) is 3.48. The molecule has 3 aromatic carbocycles. The summed E-state index contributed by atoms with van der Waals surface area (Å²) in [7, 11) is 0. The number of rotatable bonds is 2. The molecule has 5 nitrogen and oxygen atoms in total. The van der Waals surface area contributed by atoms with E-state index in [2.05, 4.69) is 63.1 Å². The minimum atomic E-state index is -0.00591. The summed E-state index contributed by atoms with van der Waals surface area (Å²) in [5, 5.41) is 2.23. The van der Waals surface area contributed by atoms with Gasteiger partial charge in [0.2, 0.25) is 0 Å². The maximum Gasteiger partial charge on any atom is 0.178 e. The second kappa shape index (κ2) is 6.07. The standard InChI is InChI=1S/C24H18N4O/c1-16-27(17-8-3-2-4-9-17)23-24(26-15-14-25-23)28(16)20-12-7-11-19-18-10-5-6-13-21(18)29-22(19)20/h2-16H,1H3. The molecule has 3 heterocycles. The highest BCUT2D eigenvalue weighted by Crippen LogP contribution is 2.47. The third-order valence-corrected chi connectivity index (χ3v) is 5.54. The molecule has 2 aromatic heterocycles. The molecule has 0 saturated carbocycles. The third-order valence-electron chi connectivity index (χ3n) is 5.54. The second-order valence-electron chi connectivity index (χ2n) is 7.16. The summed E-state index contributed by atoms with van der Waals surface area (Å²) in [5.74, 6) is 1.68. The largest absolute Gasteiger partial charge is 0.454 e. The Morgan fingerprint density at radius 3 is 2.24 bits per heavy atom. The van der Waals surface area contributed by atoms with E-state index >= 15 is 0 Å². The van der Waals surface area contributed by atoms with E-state index in [1.807, 2.05) is 36.4 Å². The first-order chi connectivity index (χ1) is 14.3. The molecule has 140 valence electrons. The molecule has 0 radical (unpaired) electrons. The predicted molar refractivity (Wildman–Crippen MR) is 116 cm³/mol. The lowest BCUT2D eigenvalue weighted by atomic mass is 10.1. The van der Waals surface area contributed by atoms with Crippen LogP contribution in [0.3, 0.4) is 0 Å². The average Bonchev–Trinajstić information content (AvgIpc) is 3.29. The molecule has 0 bridgehead atoms. The summed E-state index contributed by atoms with van der Waals surface area (Å²) >= 11 is 0. The Bertz CT molecular complexity index is 1350. The molecule has 0 amide bonds. The Hall–Kier alpha value is -3.86. The summed E-state index contributed by atoms with van der Waals surface area (Å²) in [4.78, 5) is 13.8. The van der Waals surface area contributed by atoms with Crippen LogP contribution in [0.5, 0.6) is 0 Å². The molecule has 29 heavy (non-hydrogen) atoms. The van der Waals surface area contributed by atoms with Gasteiger partial charge in [-0.15, -0.1) is 0 Å². The molecule has 1 aliphatic rings. The van der Waals surface area contributed by atoms with Crippen molar-refractivity contribution in [3.05, 3.63) is 85.2 Å². The average molecular weight is 378 g/mol. The van der Waals surface area contributed by atoms with Gasteiger partial charge in [-0.2, -0.15) is 0 Å². The van der Waals surface area contributed by atoms with Crippen molar-refractivity contribution < 1.29 is 4.42 Å². The van der Waals surface area contributed by atoms with Crippen LogP contribution >= 0.6 is 0 Å². The van der Waals surface area contributed by atoms with Gasteiger partial charge in [-0.1, -0.05) is 48.5 Å². The number of anilines is 4. The zero-order chi connectivity index (χ0) is 19.4. The normalized spacial score (nSPS) is 16.0. The van der Waals surface area contributed by atoms with Gasteiger partial charge in [-0.3, -0.25) is 4.90 Å². The van der Waals surface area contributed by atoms with Crippen LogP contribution in [0.15, 0.2) is 89.6 Å². The van der Waals surface area contributed by atoms with Crippen LogP contribution in [0, 0.1) is 0 Å². The Labute approximate surface area is 167 Å². The fraction of sp³-hybridized carbons (Fsp3) is 0.0833. The zero-order valence-electron chi connectivity index (χ0n) is 15.9. The number of furan rings is 1. The first-order valence-electron chi connectivity index (χ1n) is 9.68. The fourth-order valence-electron chi connectivity index (χ4n) is 4.30. The van der Waals surface area contributed by atoms with Gasteiger partial charge < -0.3 is 9.32 Å². The number of nitrogens with zero attached hydrogens (tertiary/aromatic N) is 4. The van der Waals surface area contributed by atoms with Gasteiger partial charge in [-0.05, 0) is 31.2 Å². The van der Waals surface area contributed by atoms with Crippen molar-refractivity contribution >= 4 is 44.9 Å². The lowest BCUT2D eigenvalue weighted by molar-refractivity contribution is 0.663. The lowest BCUT2D eigenvalue weighted by Gasteiger charge is -2.29. The number of hydrogen-bond acceptors (Lipinski definition) is 5. The van der Waals surface area contributed by atoms with Gasteiger partial charge in [0.1, 0.15) is 11.7 Å². The molecule has 5 aromatic rings. The van der Waals surface area contributed by atoms with E-state index < -0.39 is 0 Å². The Kier molecular flexibility index (Phi) is 3.38. The van der Waals surface area contributed by atoms with Crippen LogP contribution in [0.25, 0.3) is 21.9 Å². The molecule has 6 rings (SSSR count). The van der Waals surface area contributed by atoms with Crippen LogP contribution in [-0.2, 0) is 0 Å². The summed E-state index contributed by atoms with van der Waals surface area (Å²) in [5.41, 5.74) is 3.83. The number of hydrogen-bond donors (Lipinski definition) is 0. The molecule has 5 heteroatoms. The van der Waals surface area contributed by atoms with Crippen molar-refractivity contribution in [2.24, 2.45) is 0 Å². The van der Waals surface area contributed by atoms with Crippen molar-refractivity contribution in [2.75, 3.05) is 9.80 Å². The van der Waals surface area contributed by atoms with Crippen molar-refractivity contribution in [2.45, 2.75) is 13.1 Å². The highest BCUT2D eigenvalue weighted by molar-refractivity contribution is 6.10. The van der Waals surface area contributed by atoms with E-state index in [1.165, 1.54) is 0 Å². The molecule has 0 spiro atoms. The van der Waals surface area contributed by atoms with Gasteiger partial charge in [0.25, 0.3) is 0 Å². The summed E-state index contributed by atoms with van der Waals surface area (Å²) < 4.78 is 6.29. The van der Waals surface area contributed by atoms with E-state index in [0.717, 1.165) is 44.9 Å². The number of fused-ring (bicyclic) bond motifs is 4. The quantitative estimate of drug-likeness (QED) is 0.376. The molecular weight excluding hydrogens is 360 g/mol. The van der Waals surface area contributed by atoms with Crippen LogP contribution in [0.2, 0.25) is 0 Å². The van der Waals surface area contributed by atoms with Gasteiger partial charge in [-0.25, -0.2) is 9.97 Å². The third kappa shape index (κ3) is 2.27.